The Kier molecular flexibility index (Phi) is 2.66. The normalized spacial score (nSPS) is 11.4. The maximum Gasteiger partial charge on any atom is 0.251 e. The average molecular weight is 119 g/mol. The van der Waals surface area contributed by atoms with Crippen molar-refractivity contribution in [3.05, 3.63) is 12.7 Å². The largest absolute Gasteiger partial charge is 0.251 e. The van der Waals surface area contributed by atoms with E-state index in [-0.39, 0.29) is 12.8 Å². The topological polar surface area (TPSA) is 0 Å². The molecule has 0 spiro atoms. The van der Waals surface area contributed by atoms with Gasteiger partial charge in [-0.1, -0.05) is 19.6 Å². The maximum atomic E-state index is 12.0. The van der Waals surface area contributed by atoms with E-state index in [4.69, 9.17) is 6.58 Å². The van der Waals surface area contributed by atoms with Crippen molar-refractivity contribution in [3.63, 3.8) is 0 Å². The second-order valence-corrected chi connectivity index (χ2v) is 1.65. The van der Waals surface area contributed by atoms with Crippen LogP contribution in [0.5, 0.6) is 0 Å². The van der Waals surface area contributed by atoms with E-state index in [0.29, 0.717) is 0 Å². The fourth-order valence-electron chi connectivity index (χ4n) is 0.317. The van der Waals surface area contributed by atoms with Gasteiger partial charge in [-0.2, -0.15) is 0 Å². The van der Waals surface area contributed by atoms with Crippen molar-refractivity contribution in [1.82, 2.24) is 0 Å². The third-order valence-electron chi connectivity index (χ3n) is 0.934. The number of alkyl halides is 2. The Hall–Kier alpha value is -0.400. The molecule has 0 aliphatic carbocycles. The lowest BCUT2D eigenvalue weighted by molar-refractivity contribution is 0.000581. The van der Waals surface area contributed by atoms with Crippen molar-refractivity contribution in [2.45, 2.75) is 25.7 Å². The van der Waals surface area contributed by atoms with E-state index in [1.807, 2.05) is 0 Å². The second-order valence-electron chi connectivity index (χ2n) is 1.65. The molecule has 0 bridgehead atoms. The van der Waals surface area contributed by atoms with Crippen molar-refractivity contribution in [2.75, 3.05) is 0 Å². The van der Waals surface area contributed by atoms with E-state index >= 15 is 0 Å². The van der Waals surface area contributed by atoms with E-state index in [1.165, 1.54) is 6.92 Å². The van der Waals surface area contributed by atoms with Crippen LogP contribution < -0.4 is 0 Å². The summed E-state index contributed by atoms with van der Waals surface area (Å²) in [7, 11) is 0. The Morgan fingerprint density at radius 1 is 1.62 bits per heavy atom. The van der Waals surface area contributed by atoms with Crippen LogP contribution in [0.4, 0.5) is 8.78 Å². The van der Waals surface area contributed by atoms with Gasteiger partial charge in [-0.15, -0.1) is 0 Å². The maximum absolute atomic E-state index is 12.0. The highest BCUT2D eigenvalue weighted by atomic mass is 19.3. The summed E-state index contributed by atoms with van der Waals surface area (Å²) < 4.78 is 24.1. The van der Waals surface area contributed by atoms with Gasteiger partial charge in [0.1, 0.15) is 0 Å². The Labute approximate surface area is 48.2 Å². The molecule has 0 fully saturated rings. The van der Waals surface area contributed by atoms with Crippen LogP contribution in [0.2, 0.25) is 0 Å². The number of rotatable bonds is 3. The lowest BCUT2D eigenvalue weighted by Gasteiger charge is -2.08. The molecule has 47 valence electrons. The number of hydrogen-bond acceptors (Lipinski definition) is 0. The molecule has 0 aliphatic heterocycles. The molecule has 0 N–H and O–H groups in total. The van der Waals surface area contributed by atoms with E-state index < -0.39 is 5.92 Å². The predicted octanol–water partition coefficient (Wildman–Crippen LogP) is 2.41. The predicted molar refractivity (Wildman–Crippen MR) is 28.7 cm³/mol. The molecule has 0 aromatic rings. The monoisotopic (exact) mass is 119 g/mol. The molecular weight excluding hydrogens is 110 g/mol. The van der Waals surface area contributed by atoms with Gasteiger partial charge in [-0.25, -0.2) is 8.78 Å². The van der Waals surface area contributed by atoms with Crippen LogP contribution in [0.1, 0.15) is 19.8 Å². The minimum absolute atomic E-state index is 0.138. The summed E-state index contributed by atoms with van der Waals surface area (Å²) in [6, 6.07) is 0. The minimum atomic E-state index is -2.59. The highest BCUT2D eigenvalue weighted by Crippen LogP contribution is 2.21. The van der Waals surface area contributed by atoms with Crippen LogP contribution in [0.25, 0.3) is 0 Å². The number of hydrogen-bond donors (Lipinski definition) is 0. The molecule has 0 aromatic carbocycles. The van der Waals surface area contributed by atoms with E-state index in [9.17, 15) is 8.78 Å². The van der Waals surface area contributed by atoms with Crippen LogP contribution in [0.15, 0.2) is 6.08 Å². The Morgan fingerprint density at radius 3 is 2.25 bits per heavy atom. The zero-order chi connectivity index (χ0) is 6.62. The van der Waals surface area contributed by atoms with Gasteiger partial charge in [-0.3, -0.25) is 0 Å². The van der Waals surface area contributed by atoms with Gasteiger partial charge in [0.2, 0.25) is 0 Å². The summed E-state index contributed by atoms with van der Waals surface area (Å²) in [5, 5.41) is 0. The summed E-state index contributed by atoms with van der Waals surface area (Å²) in [5.41, 5.74) is 0. The molecule has 0 saturated heterocycles. The molecule has 0 saturated carbocycles. The highest BCUT2D eigenvalue weighted by molar-refractivity contribution is 4.74. The summed E-state index contributed by atoms with van der Waals surface area (Å²) in [6.07, 6.45) is 0.535. The number of allylic oxidation sites excluding steroid dienone is 1. The zero-order valence-corrected chi connectivity index (χ0v) is 4.82. The van der Waals surface area contributed by atoms with Crippen molar-refractivity contribution in [3.8, 4) is 0 Å². The third kappa shape index (κ3) is 2.72. The summed E-state index contributed by atoms with van der Waals surface area (Å²) in [4.78, 5) is 0. The molecule has 0 heterocycles. The molecule has 8 heavy (non-hydrogen) atoms. The first-order valence-corrected chi connectivity index (χ1v) is 2.53. The zero-order valence-electron chi connectivity index (χ0n) is 4.82. The fraction of sp³-hybridized carbons (Fsp3) is 0.667. The highest BCUT2D eigenvalue weighted by Gasteiger charge is 2.22. The first-order chi connectivity index (χ1) is 3.62. The first kappa shape index (κ1) is 7.60. The summed E-state index contributed by atoms with van der Waals surface area (Å²) >= 11 is 0. The molecule has 0 unspecified atom stereocenters. The second kappa shape index (κ2) is 2.80. The number of halogens is 2. The van der Waals surface area contributed by atoms with Gasteiger partial charge in [0.25, 0.3) is 5.92 Å². The molecule has 2 heteroatoms. The lowest BCUT2D eigenvalue weighted by atomic mass is 10.2. The molecule has 0 nitrogen and oxygen atoms in total. The standard InChI is InChI=1S/C6H9F2/c1-3-5-6(7,8)4-2/h1,3H,4-5H2,2H3. The van der Waals surface area contributed by atoms with Gasteiger partial charge < -0.3 is 0 Å². The average Bonchev–Trinajstić information content (AvgIpc) is 1.67. The van der Waals surface area contributed by atoms with Crippen molar-refractivity contribution in [1.29, 1.82) is 0 Å². The SMILES string of the molecule is [CH]=CCC(F)(F)CC. The van der Waals surface area contributed by atoms with Crippen molar-refractivity contribution in [2.24, 2.45) is 0 Å². The van der Waals surface area contributed by atoms with Crippen molar-refractivity contribution >= 4 is 0 Å². The smallest absolute Gasteiger partial charge is 0.207 e. The Balaban J connectivity index is 3.53. The Bertz CT molecular complexity index is 76.6. The van der Waals surface area contributed by atoms with Gasteiger partial charge in [0.05, 0.1) is 0 Å². The van der Waals surface area contributed by atoms with Crippen LogP contribution in [0, 0.1) is 6.58 Å². The quantitative estimate of drug-likeness (QED) is 0.535. The molecule has 1 radical (unpaired) electrons. The van der Waals surface area contributed by atoms with Crippen LogP contribution in [0.3, 0.4) is 0 Å². The molecule has 0 rings (SSSR count). The van der Waals surface area contributed by atoms with Crippen LogP contribution in [-0.2, 0) is 0 Å². The molecule has 0 aromatic heterocycles. The van der Waals surface area contributed by atoms with Crippen molar-refractivity contribution < 1.29 is 8.78 Å². The molecule has 0 amide bonds. The molecule has 0 aliphatic rings. The Morgan fingerprint density at radius 2 is 2.12 bits per heavy atom. The van der Waals surface area contributed by atoms with E-state index in [2.05, 4.69) is 0 Å². The van der Waals surface area contributed by atoms with E-state index in [0.717, 1.165) is 6.08 Å². The van der Waals surface area contributed by atoms with Gasteiger partial charge in [0, 0.05) is 12.8 Å². The van der Waals surface area contributed by atoms with Crippen LogP contribution >= 0.6 is 0 Å². The minimum Gasteiger partial charge on any atom is -0.207 e. The third-order valence-corrected chi connectivity index (χ3v) is 0.934. The summed E-state index contributed by atoms with van der Waals surface area (Å²) in [5.74, 6) is -2.59. The van der Waals surface area contributed by atoms with Gasteiger partial charge in [0.15, 0.2) is 0 Å². The first-order valence-electron chi connectivity index (χ1n) is 2.53. The lowest BCUT2D eigenvalue weighted by Crippen LogP contribution is -2.11. The fourth-order valence-corrected chi connectivity index (χ4v) is 0.317. The molecular formula is C6H9F2. The van der Waals surface area contributed by atoms with Gasteiger partial charge in [-0.05, 0) is 0 Å². The van der Waals surface area contributed by atoms with Gasteiger partial charge >= 0.3 is 0 Å². The summed E-state index contributed by atoms with van der Waals surface area (Å²) in [6.45, 7) is 6.22. The molecule has 0 atom stereocenters. The van der Waals surface area contributed by atoms with E-state index in [1.54, 1.807) is 0 Å². The van der Waals surface area contributed by atoms with Crippen LogP contribution in [-0.4, -0.2) is 5.92 Å².